The molecular formula is C2H7IN2S. The molecule has 0 aliphatic rings. The molecular weight excluding hydrogens is 211 g/mol. The Morgan fingerprint density at radius 3 is 2.00 bits per heavy atom. The Labute approximate surface area is 59.5 Å². The Kier molecular flexibility index (Phi) is 9.08. The van der Waals surface area contributed by atoms with E-state index in [1.165, 1.54) is 0 Å². The first-order chi connectivity index (χ1) is 2.27. The van der Waals surface area contributed by atoms with E-state index in [2.05, 4.69) is 23.3 Å². The third-order valence-electron chi connectivity index (χ3n) is 0.279. The van der Waals surface area contributed by atoms with Crippen molar-refractivity contribution in [1.29, 1.82) is 0 Å². The molecule has 0 spiro atoms. The average molecular weight is 218 g/mol. The van der Waals surface area contributed by atoms with E-state index in [0.29, 0.717) is 5.11 Å². The molecule has 2 nitrogen and oxygen atoms in total. The summed E-state index contributed by atoms with van der Waals surface area (Å²) in [5.74, 6) is 0. The van der Waals surface area contributed by atoms with Crippen molar-refractivity contribution in [3.05, 3.63) is 0 Å². The van der Waals surface area contributed by atoms with Crippen LogP contribution in [0.15, 0.2) is 0 Å². The Hall–Kier alpha value is 0.580. The number of hydrogen-bond acceptors (Lipinski definition) is 1. The average Bonchev–Trinajstić information content (AvgIpc) is 1.38. The molecule has 4 N–H and O–H groups in total. The maximum absolute atomic E-state index is 4.47. The Balaban J connectivity index is 0. The molecule has 0 bridgehead atoms. The molecule has 0 aliphatic heterocycles. The summed E-state index contributed by atoms with van der Waals surface area (Å²) in [7, 11) is 1.75. The molecule has 0 radical (unpaired) electrons. The first-order valence-corrected chi connectivity index (χ1v) is 1.72. The van der Waals surface area contributed by atoms with Crippen LogP contribution in [0.3, 0.4) is 0 Å². The van der Waals surface area contributed by atoms with Gasteiger partial charge in [-0.2, -0.15) is 0 Å². The van der Waals surface area contributed by atoms with Gasteiger partial charge in [0.15, 0.2) is 0 Å². The summed E-state index contributed by atoms with van der Waals surface area (Å²) in [6.07, 6.45) is 0. The fraction of sp³-hybridized carbons (Fsp3) is 0.500. The highest BCUT2D eigenvalue weighted by Gasteiger charge is 1.73. The molecule has 0 aromatic heterocycles. The van der Waals surface area contributed by atoms with Gasteiger partial charge in [-0.15, -0.1) is 0 Å². The van der Waals surface area contributed by atoms with Crippen LogP contribution in [0.4, 0.5) is 0 Å². The minimum absolute atomic E-state index is 0. The molecule has 0 aromatic rings. The highest BCUT2D eigenvalue weighted by molar-refractivity contribution is 7.79. The molecule has 0 aromatic carbocycles. The van der Waals surface area contributed by atoms with E-state index in [4.69, 9.17) is 0 Å². The maximum atomic E-state index is 4.47. The Morgan fingerprint density at radius 2 is 2.00 bits per heavy atom. The molecule has 0 amide bonds. The maximum Gasteiger partial charge on any atom is 0.264 e. The second-order valence-electron chi connectivity index (χ2n) is 0.673. The van der Waals surface area contributed by atoms with E-state index in [1.54, 1.807) is 7.05 Å². The lowest BCUT2D eigenvalue weighted by Crippen LogP contribution is -3.00. The van der Waals surface area contributed by atoms with Crippen molar-refractivity contribution < 1.29 is 29.7 Å². The molecule has 4 heteroatoms. The van der Waals surface area contributed by atoms with E-state index >= 15 is 0 Å². The van der Waals surface area contributed by atoms with E-state index in [1.807, 2.05) is 0 Å². The van der Waals surface area contributed by atoms with Gasteiger partial charge in [-0.3, -0.25) is 0 Å². The number of hydrogen-bond donors (Lipinski definition) is 2. The SMILES string of the molecule is CNC([NH3+])=S.[I-]. The van der Waals surface area contributed by atoms with Crippen molar-refractivity contribution in [3.8, 4) is 0 Å². The number of rotatable bonds is 0. The zero-order valence-electron chi connectivity index (χ0n) is 3.49. The minimum atomic E-state index is 0. The highest BCUT2D eigenvalue weighted by atomic mass is 127. The van der Waals surface area contributed by atoms with E-state index in [9.17, 15) is 0 Å². The number of quaternary nitrogens is 1. The number of halogens is 1. The monoisotopic (exact) mass is 218 g/mol. The van der Waals surface area contributed by atoms with E-state index in [-0.39, 0.29) is 24.0 Å². The predicted molar refractivity (Wildman–Crippen MR) is 24.5 cm³/mol. The smallest absolute Gasteiger partial charge is 0.264 e. The summed E-state index contributed by atoms with van der Waals surface area (Å²) in [5, 5.41) is 3.24. The van der Waals surface area contributed by atoms with Crippen LogP contribution in [0, 0.1) is 0 Å². The zero-order chi connectivity index (χ0) is 4.28. The quantitative estimate of drug-likeness (QED) is 0.319. The lowest BCUT2D eigenvalue weighted by atomic mass is 11.1. The van der Waals surface area contributed by atoms with Gasteiger partial charge in [0.25, 0.3) is 5.11 Å². The molecule has 0 heterocycles. The first kappa shape index (κ1) is 9.77. The summed E-state index contributed by atoms with van der Waals surface area (Å²) < 4.78 is 0. The van der Waals surface area contributed by atoms with Crippen molar-refractivity contribution in [2.45, 2.75) is 0 Å². The fourth-order valence-electron chi connectivity index (χ4n) is 0. The molecule has 0 rings (SSSR count). The summed E-state index contributed by atoms with van der Waals surface area (Å²) in [4.78, 5) is 0. The third kappa shape index (κ3) is 8.82. The van der Waals surface area contributed by atoms with Crippen LogP contribution in [-0.2, 0) is 0 Å². The molecule has 0 aliphatic carbocycles. The van der Waals surface area contributed by atoms with Gasteiger partial charge in [0.1, 0.15) is 0 Å². The van der Waals surface area contributed by atoms with Crippen molar-refractivity contribution >= 4 is 17.3 Å². The highest BCUT2D eigenvalue weighted by Crippen LogP contribution is 1.39. The zero-order valence-corrected chi connectivity index (χ0v) is 6.47. The normalized spacial score (nSPS) is 5.67. The summed E-state index contributed by atoms with van der Waals surface area (Å²) in [6.45, 7) is 0. The molecule has 0 fully saturated rings. The summed E-state index contributed by atoms with van der Waals surface area (Å²) in [5.41, 5.74) is 3.38. The third-order valence-corrected chi connectivity index (χ3v) is 0.483. The molecule has 38 valence electrons. The molecule has 0 unspecified atom stereocenters. The Morgan fingerprint density at radius 1 is 1.83 bits per heavy atom. The largest absolute Gasteiger partial charge is 1.00 e. The van der Waals surface area contributed by atoms with E-state index in [0.717, 1.165) is 0 Å². The van der Waals surface area contributed by atoms with Crippen molar-refractivity contribution in [2.24, 2.45) is 0 Å². The van der Waals surface area contributed by atoms with Gasteiger partial charge < -0.3 is 35.0 Å². The lowest BCUT2D eigenvalue weighted by molar-refractivity contribution is -0.214. The topological polar surface area (TPSA) is 39.7 Å². The van der Waals surface area contributed by atoms with Gasteiger partial charge in [-0.25, -0.2) is 0 Å². The van der Waals surface area contributed by atoms with Crippen LogP contribution in [0.1, 0.15) is 0 Å². The van der Waals surface area contributed by atoms with Crippen LogP contribution in [-0.4, -0.2) is 12.2 Å². The van der Waals surface area contributed by atoms with Crippen LogP contribution in [0.2, 0.25) is 0 Å². The molecule has 0 saturated heterocycles. The Bertz CT molecular complexity index is 46.8. The minimum Gasteiger partial charge on any atom is -1.00 e. The van der Waals surface area contributed by atoms with E-state index < -0.39 is 0 Å². The molecule has 6 heavy (non-hydrogen) atoms. The van der Waals surface area contributed by atoms with Crippen molar-refractivity contribution in [2.75, 3.05) is 7.05 Å². The van der Waals surface area contributed by atoms with Crippen LogP contribution >= 0.6 is 12.2 Å². The van der Waals surface area contributed by atoms with Crippen LogP contribution in [0.5, 0.6) is 0 Å². The van der Waals surface area contributed by atoms with Gasteiger partial charge in [-0.1, -0.05) is 0 Å². The summed E-state index contributed by atoms with van der Waals surface area (Å²) in [6, 6.07) is 0. The first-order valence-electron chi connectivity index (χ1n) is 1.31. The van der Waals surface area contributed by atoms with Gasteiger partial charge in [0, 0.05) is 19.3 Å². The second kappa shape index (κ2) is 5.58. The van der Waals surface area contributed by atoms with Gasteiger partial charge in [0.05, 0.1) is 0 Å². The molecule has 0 atom stereocenters. The van der Waals surface area contributed by atoms with Crippen molar-refractivity contribution in [1.82, 2.24) is 5.32 Å². The second-order valence-corrected chi connectivity index (χ2v) is 1.17. The standard InChI is InChI=1S/C2H6N2S.HI/c1-4-2(3)5;/h1H3,(H3,3,4,5);1H. The van der Waals surface area contributed by atoms with Gasteiger partial charge >= 0.3 is 0 Å². The predicted octanol–water partition coefficient (Wildman–Crippen LogP) is -4.26. The lowest BCUT2D eigenvalue weighted by Gasteiger charge is -1.79. The molecule has 0 saturated carbocycles. The number of nitrogens with one attached hydrogen (secondary N) is 1. The van der Waals surface area contributed by atoms with Gasteiger partial charge in [-0.05, 0) is 0 Å². The summed E-state index contributed by atoms with van der Waals surface area (Å²) >= 11 is 4.47. The fourth-order valence-corrected chi connectivity index (χ4v) is 0. The van der Waals surface area contributed by atoms with Gasteiger partial charge in [0.2, 0.25) is 0 Å². The van der Waals surface area contributed by atoms with Crippen molar-refractivity contribution in [3.63, 3.8) is 0 Å². The van der Waals surface area contributed by atoms with Crippen LogP contribution in [0.25, 0.3) is 0 Å². The number of thiocarbonyl (C=S) groups is 1. The van der Waals surface area contributed by atoms with Crippen LogP contribution < -0.4 is 35.0 Å².